The minimum absolute atomic E-state index is 0.204. The monoisotopic (exact) mass is 267 g/mol. The second-order valence-electron chi connectivity index (χ2n) is 5.43. The molecule has 106 valence electrons. The van der Waals surface area contributed by atoms with Gasteiger partial charge in [-0.1, -0.05) is 0 Å². The molecule has 0 aliphatic carbocycles. The van der Waals surface area contributed by atoms with Crippen molar-refractivity contribution >= 4 is 12.0 Å². The van der Waals surface area contributed by atoms with Crippen LogP contribution in [0.5, 0.6) is 0 Å². The van der Waals surface area contributed by atoms with E-state index in [1.165, 1.54) is 0 Å². The van der Waals surface area contributed by atoms with Crippen LogP contribution in [0.15, 0.2) is 12.4 Å². The van der Waals surface area contributed by atoms with Gasteiger partial charge in [-0.2, -0.15) is 0 Å². The summed E-state index contributed by atoms with van der Waals surface area (Å²) < 4.78 is 5.09. The summed E-state index contributed by atoms with van der Waals surface area (Å²) in [6.45, 7) is 7.09. The molecule has 0 spiro atoms. The topological polar surface area (TPSA) is 84.3 Å². The third kappa shape index (κ3) is 6.71. The van der Waals surface area contributed by atoms with Gasteiger partial charge in [-0.3, -0.25) is 5.32 Å². The van der Waals surface area contributed by atoms with Crippen LogP contribution in [0.25, 0.3) is 0 Å². The molecule has 1 rings (SSSR count). The maximum atomic E-state index is 11.5. The molecule has 1 amide bonds. The average molecular weight is 267 g/mol. The Morgan fingerprint density at radius 1 is 1.42 bits per heavy atom. The maximum absolute atomic E-state index is 11.5. The predicted molar refractivity (Wildman–Crippen MR) is 71.9 cm³/mol. The fraction of sp³-hybridized carbons (Fsp3) is 0.615. The fourth-order valence-corrected chi connectivity index (χ4v) is 1.32. The molecule has 0 radical (unpaired) electrons. The fourth-order valence-electron chi connectivity index (χ4n) is 1.32. The van der Waals surface area contributed by atoms with Gasteiger partial charge in [0.05, 0.1) is 6.10 Å². The lowest BCUT2D eigenvalue weighted by molar-refractivity contribution is 0.0634. The van der Waals surface area contributed by atoms with E-state index >= 15 is 0 Å². The Morgan fingerprint density at radius 2 is 2.00 bits per heavy atom. The summed E-state index contributed by atoms with van der Waals surface area (Å²) in [6.07, 6.45) is 3.68. The molecule has 0 aliphatic rings. The molecule has 0 saturated heterocycles. The van der Waals surface area contributed by atoms with E-state index in [1.807, 2.05) is 0 Å². The third-order valence-corrected chi connectivity index (χ3v) is 2.17. The Labute approximate surface area is 113 Å². The lowest BCUT2D eigenvalue weighted by atomic mass is 10.1. The highest BCUT2D eigenvalue weighted by atomic mass is 16.6. The van der Waals surface area contributed by atoms with Gasteiger partial charge < -0.3 is 9.84 Å². The van der Waals surface area contributed by atoms with Gasteiger partial charge in [0.1, 0.15) is 5.60 Å². The lowest BCUT2D eigenvalue weighted by Gasteiger charge is -2.19. The molecule has 1 heterocycles. The van der Waals surface area contributed by atoms with E-state index in [2.05, 4.69) is 15.3 Å². The summed E-state index contributed by atoms with van der Waals surface area (Å²) in [5.74, 6) is 0.204. The van der Waals surface area contributed by atoms with Crippen LogP contribution in [0.1, 0.15) is 39.7 Å². The number of aryl methyl sites for hydroxylation is 1. The smallest absolute Gasteiger partial charge is 0.414 e. The van der Waals surface area contributed by atoms with Crippen LogP contribution in [0.4, 0.5) is 10.7 Å². The van der Waals surface area contributed by atoms with Crippen molar-refractivity contribution in [3.8, 4) is 0 Å². The zero-order valence-electron chi connectivity index (χ0n) is 11.8. The number of aromatic nitrogens is 2. The summed E-state index contributed by atoms with van der Waals surface area (Å²) in [5, 5.41) is 11.6. The molecule has 6 heteroatoms. The van der Waals surface area contributed by atoms with Crippen LogP contribution < -0.4 is 5.32 Å². The number of amides is 1. The number of hydrogen-bond donors (Lipinski definition) is 2. The van der Waals surface area contributed by atoms with Gasteiger partial charge >= 0.3 is 6.09 Å². The van der Waals surface area contributed by atoms with Gasteiger partial charge in [-0.05, 0) is 46.1 Å². The van der Waals surface area contributed by atoms with Crippen LogP contribution in [-0.4, -0.2) is 32.9 Å². The molecule has 19 heavy (non-hydrogen) atoms. The van der Waals surface area contributed by atoms with E-state index in [0.717, 1.165) is 5.56 Å². The van der Waals surface area contributed by atoms with Crippen LogP contribution in [0.2, 0.25) is 0 Å². The lowest BCUT2D eigenvalue weighted by Crippen LogP contribution is -2.27. The van der Waals surface area contributed by atoms with Crippen molar-refractivity contribution in [2.75, 3.05) is 5.32 Å². The maximum Gasteiger partial charge on any atom is 0.414 e. The van der Waals surface area contributed by atoms with E-state index in [9.17, 15) is 9.90 Å². The highest BCUT2D eigenvalue weighted by molar-refractivity contribution is 5.82. The van der Waals surface area contributed by atoms with Crippen molar-refractivity contribution in [2.24, 2.45) is 0 Å². The number of aliphatic hydroxyl groups is 1. The average Bonchev–Trinajstić information content (AvgIpc) is 2.25. The van der Waals surface area contributed by atoms with Crippen molar-refractivity contribution < 1.29 is 14.6 Å². The van der Waals surface area contributed by atoms with E-state index in [0.29, 0.717) is 12.8 Å². The number of nitrogens with one attached hydrogen (secondary N) is 1. The minimum Gasteiger partial charge on any atom is -0.444 e. The normalized spacial score (nSPS) is 12.9. The molecule has 2 N–H and O–H groups in total. The number of anilines is 1. The molecule has 0 bridgehead atoms. The number of nitrogens with zero attached hydrogens (tertiary/aromatic N) is 2. The van der Waals surface area contributed by atoms with Crippen molar-refractivity contribution in [1.82, 2.24) is 9.97 Å². The van der Waals surface area contributed by atoms with Gasteiger partial charge in [0.25, 0.3) is 0 Å². The molecule has 1 atom stereocenters. The first kappa shape index (κ1) is 15.4. The first-order chi connectivity index (χ1) is 8.76. The van der Waals surface area contributed by atoms with Crippen molar-refractivity contribution in [3.05, 3.63) is 18.0 Å². The Hall–Kier alpha value is -1.69. The largest absolute Gasteiger partial charge is 0.444 e. The van der Waals surface area contributed by atoms with Crippen molar-refractivity contribution in [3.63, 3.8) is 0 Å². The van der Waals surface area contributed by atoms with E-state index in [1.54, 1.807) is 40.1 Å². The second-order valence-corrected chi connectivity index (χ2v) is 5.43. The van der Waals surface area contributed by atoms with Crippen molar-refractivity contribution in [1.29, 1.82) is 0 Å². The molecule has 1 aromatic heterocycles. The van der Waals surface area contributed by atoms with Crippen LogP contribution in [0, 0.1) is 0 Å². The number of carbonyl (C=O) groups excluding carboxylic acids is 1. The summed E-state index contributed by atoms with van der Waals surface area (Å²) in [5.41, 5.74) is 0.358. The molecular formula is C13H21N3O3. The van der Waals surface area contributed by atoms with Crippen LogP contribution in [0.3, 0.4) is 0 Å². The zero-order chi connectivity index (χ0) is 14.5. The first-order valence-electron chi connectivity index (χ1n) is 6.25. The number of hydrogen-bond acceptors (Lipinski definition) is 5. The number of rotatable bonds is 4. The summed E-state index contributed by atoms with van der Waals surface area (Å²) >= 11 is 0. The van der Waals surface area contributed by atoms with Gasteiger partial charge in [0, 0.05) is 12.4 Å². The molecule has 1 aromatic rings. The van der Waals surface area contributed by atoms with E-state index in [-0.39, 0.29) is 12.1 Å². The van der Waals surface area contributed by atoms with E-state index < -0.39 is 11.7 Å². The summed E-state index contributed by atoms with van der Waals surface area (Å²) in [6, 6.07) is 0. The molecular weight excluding hydrogens is 246 g/mol. The predicted octanol–water partition coefficient (Wildman–Crippen LogP) is 2.14. The van der Waals surface area contributed by atoms with Crippen LogP contribution in [-0.2, 0) is 11.2 Å². The highest BCUT2D eigenvalue weighted by Gasteiger charge is 2.16. The molecule has 0 aromatic carbocycles. The third-order valence-electron chi connectivity index (χ3n) is 2.17. The standard InChI is InChI=1S/C13H21N3O3/c1-9(17)5-6-10-7-14-11(15-8-10)16-12(18)19-13(2,3)4/h7-9,17H,5-6H2,1-4H3,(H,14,15,16,18)/t9-/m1/s1. The number of carbonyl (C=O) groups is 1. The SMILES string of the molecule is C[C@@H](O)CCc1cnc(NC(=O)OC(C)(C)C)nc1. The Bertz CT molecular complexity index is 410. The molecule has 0 unspecified atom stereocenters. The molecule has 0 saturated carbocycles. The van der Waals surface area contributed by atoms with Gasteiger partial charge in [0.2, 0.25) is 5.95 Å². The molecule has 0 aliphatic heterocycles. The Morgan fingerprint density at radius 3 is 2.47 bits per heavy atom. The summed E-state index contributed by atoms with van der Waals surface area (Å²) in [7, 11) is 0. The Kier molecular flexibility index (Phi) is 5.23. The molecule has 6 nitrogen and oxygen atoms in total. The quantitative estimate of drug-likeness (QED) is 0.873. The first-order valence-corrected chi connectivity index (χ1v) is 6.25. The number of ether oxygens (including phenoxy) is 1. The Balaban J connectivity index is 2.50. The minimum atomic E-state index is -0.579. The highest BCUT2D eigenvalue weighted by Crippen LogP contribution is 2.09. The van der Waals surface area contributed by atoms with Gasteiger partial charge in [-0.25, -0.2) is 14.8 Å². The zero-order valence-corrected chi connectivity index (χ0v) is 11.8. The summed E-state index contributed by atoms with van der Waals surface area (Å²) in [4.78, 5) is 19.5. The molecule has 0 fully saturated rings. The van der Waals surface area contributed by atoms with E-state index in [4.69, 9.17) is 4.74 Å². The van der Waals surface area contributed by atoms with Crippen molar-refractivity contribution in [2.45, 2.75) is 52.2 Å². The second kappa shape index (κ2) is 6.47. The number of aliphatic hydroxyl groups excluding tert-OH is 1. The van der Waals surface area contributed by atoms with Gasteiger partial charge in [0.15, 0.2) is 0 Å². The van der Waals surface area contributed by atoms with Crippen LogP contribution >= 0.6 is 0 Å². The van der Waals surface area contributed by atoms with Gasteiger partial charge in [-0.15, -0.1) is 0 Å².